The van der Waals surface area contributed by atoms with Gasteiger partial charge >= 0.3 is 0 Å². The van der Waals surface area contributed by atoms with Gasteiger partial charge in [0.2, 0.25) is 0 Å². The van der Waals surface area contributed by atoms with E-state index in [4.69, 9.17) is 5.11 Å². The van der Waals surface area contributed by atoms with Crippen LogP contribution in [0.25, 0.3) is 0 Å². The summed E-state index contributed by atoms with van der Waals surface area (Å²) in [5.74, 6) is 2.08. The average Bonchev–Trinajstić information content (AvgIpc) is 2.92. The highest BCUT2D eigenvalue weighted by Gasteiger charge is 2.42. The standard InChI is InChI=1S/C13H24N2O/c16-8-7-14-3-5-15(6-4-14)13-10-11-1-2-12(13)9-11/h11-13,16H,1-10H2/t11-,12-,13-/m0/s1. The fourth-order valence-electron chi connectivity index (χ4n) is 4.12. The minimum absolute atomic E-state index is 0.314. The highest BCUT2D eigenvalue weighted by molar-refractivity contribution is 4.96. The van der Waals surface area contributed by atoms with Crippen molar-refractivity contribution in [1.29, 1.82) is 0 Å². The van der Waals surface area contributed by atoms with Gasteiger partial charge in [0.1, 0.15) is 0 Å². The minimum atomic E-state index is 0.314. The van der Waals surface area contributed by atoms with Crippen LogP contribution in [0.1, 0.15) is 25.7 Å². The predicted molar refractivity (Wildman–Crippen MR) is 64.3 cm³/mol. The van der Waals surface area contributed by atoms with E-state index in [0.29, 0.717) is 6.61 Å². The number of piperazine rings is 1. The van der Waals surface area contributed by atoms with E-state index in [1.807, 2.05) is 0 Å². The number of hydrogen-bond donors (Lipinski definition) is 1. The van der Waals surface area contributed by atoms with Crippen LogP contribution in [0.4, 0.5) is 0 Å². The summed E-state index contributed by atoms with van der Waals surface area (Å²) in [7, 11) is 0. The third-order valence-electron chi connectivity index (χ3n) is 4.99. The first-order chi connectivity index (χ1) is 7.86. The minimum Gasteiger partial charge on any atom is -0.395 e. The summed E-state index contributed by atoms with van der Waals surface area (Å²) >= 11 is 0. The molecule has 92 valence electrons. The van der Waals surface area contributed by atoms with Gasteiger partial charge in [0.15, 0.2) is 0 Å². The van der Waals surface area contributed by atoms with Gasteiger partial charge in [-0.2, -0.15) is 0 Å². The molecule has 3 aliphatic rings. The molecule has 0 aromatic rings. The molecule has 2 bridgehead atoms. The lowest BCUT2D eigenvalue weighted by atomic mass is 9.93. The lowest BCUT2D eigenvalue weighted by molar-refractivity contribution is 0.0630. The molecule has 0 amide bonds. The molecule has 1 heterocycles. The van der Waals surface area contributed by atoms with Crippen LogP contribution in [0.2, 0.25) is 0 Å². The van der Waals surface area contributed by atoms with Crippen molar-refractivity contribution < 1.29 is 5.11 Å². The molecular formula is C13H24N2O. The Kier molecular flexibility index (Phi) is 3.18. The SMILES string of the molecule is OCCN1CCN([C@H]2C[C@H]3CC[C@H]2C3)CC1. The maximum absolute atomic E-state index is 8.93. The first-order valence-electron chi connectivity index (χ1n) is 6.94. The number of fused-ring (bicyclic) bond motifs is 2. The van der Waals surface area contributed by atoms with Gasteiger partial charge in [0, 0.05) is 38.8 Å². The molecule has 16 heavy (non-hydrogen) atoms. The summed E-state index contributed by atoms with van der Waals surface area (Å²) in [4.78, 5) is 5.13. The number of β-amino-alcohol motifs (C(OH)–C–C–N with tert-alkyl or cyclic N) is 1. The molecule has 0 unspecified atom stereocenters. The first-order valence-corrected chi connectivity index (χ1v) is 6.94. The smallest absolute Gasteiger partial charge is 0.0558 e. The van der Waals surface area contributed by atoms with Crippen LogP contribution >= 0.6 is 0 Å². The maximum Gasteiger partial charge on any atom is 0.0558 e. The largest absolute Gasteiger partial charge is 0.395 e. The summed E-state index contributed by atoms with van der Waals surface area (Å²) in [5.41, 5.74) is 0. The number of nitrogens with zero attached hydrogens (tertiary/aromatic N) is 2. The van der Waals surface area contributed by atoms with Crippen LogP contribution in [0.3, 0.4) is 0 Å². The van der Waals surface area contributed by atoms with Crippen LogP contribution in [0.5, 0.6) is 0 Å². The fraction of sp³-hybridized carbons (Fsp3) is 1.00. The highest BCUT2D eigenvalue weighted by atomic mass is 16.3. The van der Waals surface area contributed by atoms with Crippen molar-refractivity contribution >= 4 is 0 Å². The number of rotatable bonds is 3. The number of hydrogen-bond acceptors (Lipinski definition) is 3. The van der Waals surface area contributed by atoms with E-state index in [0.717, 1.165) is 37.5 Å². The molecule has 2 saturated carbocycles. The molecule has 0 aromatic carbocycles. The normalized spacial score (nSPS) is 40.7. The van der Waals surface area contributed by atoms with Crippen molar-refractivity contribution in [3.8, 4) is 0 Å². The van der Waals surface area contributed by atoms with Gasteiger partial charge in [-0.05, 0) is 31.1 Å². The Morgan fingerprint density at radius 2 is 1.81 bits per heavy atom. The van der Waals surface area contributed by atoms with E-state index in [-0.39, 0.29) is 0 Å². The zero-order valence-corrected chi connectivity index (χ0v) is 10.1. The third-order valence-corrected chi connectivity index (χ3v) is 4.99. The Morgan fingerprint density at radius 1 is 1.00 bits per heavy atom. The van der Waals surface area contributed by atoms with Gasteiger partial charge in [0.05, 0.1) is 6.61 Å². The highest BCUT2D eigenvalue weighted by Crippen LogP contribution is 2.46. The third kappa shape index (κ3) is 2.01. The van der Waals surface area contributed by atoms with E-state index in [2.05, 4.69) is 9.80 Å². The first kappa shape index (κ1) is 11.0. The lowest BCUT2D eigenvalue weighted by Crippen LogP contribution is -2.52. The summed E-state index contributed by atoms with van der Waals surface area (Å²) < 4.78 is 0. The molecule has 3 rings (SSSR count). The quantitative estimate of drug-likeness (QED) is 0.767. The Bertz CT molecular complexity index is 238. The molecule has 1 N–H and O–H groups in total. The second kappa shape index (κ2) is 4.63. The second-order valence-corrected chi connectivity index (χ2v) is 5.84. The van der Waals surface area contributed by atoms with Gasteiger partial charge in [-0.3, -0.25) is 9.80 Å². The van der Waals surface area contributed by atoms with Gasteiger partial charge in [0.25, 0.3) is 0 Å². The van der Waals surface area contributed by atoms with Crippen molar-refractivity contribution in [3.63, 3.8) is 0 Å². The summed E-state index contributed by atoms with van der Waals surface area (Å²) in [6.45, 7) is 5.96. The van der Waals surface area contributed by atoms with Crippen molar-refractivity contribution in [3.05, 3.63) is 0 Å². The average molecular weight is 224 g/mol. The summed E-state index contributed by atoms with van der Waals surface area (Å²) in [6, 6.07) is 0.912. The molecule has 3 heteroatoms. The lowest BCUT2D eigenvalue weighted by Gasteiger charge is -2.40. The summed E-state index contributed by atoms with van der Waals surface area (Å²) in [5, 5.41) is 8.93. The topological polar surface area (TPSA) is 26.7 Å². The molecule has 3 atom stereocenters. The monoisotopic (exact) mass is 224 g/mol. The molecular weight excluding hydrogens is 200 g/mol. The number of aliphatic hydroxyl groups is 1. The van der Waals surface area contributed by atoms with Crippen LogP contribution in [-0.2, 0) is 0 Å². The van der Waals surface area contributed by atoms with Gasteiger partial charge in [-0.15, -0.1) is 0 Å². The van der Waals surface area contributed by atoms with E-state index in [9.17, 15) is 0 Å². The Balaban J connectivity index is 1.51. The number of aliphatic hydroxyl groups excluding tert-OH is 1. The summed E-state index contributed by atoms with van der Waals surface area (Å²) in [6.07, 6.45) is 5.99. The zero-order chi connectivity index (χ0) is 11.0. The maximum atomic E-state index is 8.93. The predicted octanol–water partition coefficient (Wildman–Crippen LogP) is 0.785. The molecule has 3 nitrogen and oxygen atoms in total. The Labute approximate surface area is 98.4 Å². The van der Waals surface area contributed by atoms with Gasteiger partial charge in [-0.25, -0.2) is 0 Å². The molecule has 1 aliphatic heterocycles. The molecule has 2 aliphatic carbocycles. The Hall–Kier alpha value is -0.120. The second-order valence-electron chi connectivity index (χ2n) is 5.84. The van der Waals surface area contributed by atoms with E-state index in [1.165, 1.54) is 38.8 Å². The molecule has 3 fully saturated rings. The van der Waals surface area contributed by atoms with Gasteiger partial charge < -0.3 is 5.11 Å². The van der Waals surface area contributed by atoms with Crippen LogP contribution in [0.15, 0.2) is 0 Å². The Morgan fingerprint density at radius 3 is 2.38 bits per heavy atom. The van der Waals surface area contributed by atoms with Crippen LogP contribution in [0, 0.1) is 11.8 Å². The fourth-order valence-corrected chi connectivity index (χ4v) is 4.12. The van der Waals surface area contributed by atoms with Crippen LogP contribution < -0.4 is 0 Å². The van der Waals surface area contributed by atoms with Crippen LogP contribution in [-0.4, -0.2) is 60.3 Å². The van der Waals surface area contributed by atoms with E-state index >= 15 is 0 Å². The molecule has 1 saturated heterocycles. The van der Waals surface area contributed by atoms with Crippen molar-refractivity contribution in [2.75, 3.05) is 39.3 Å². The van der Waals surface area contributed by atoms with E-state index < -0.39 is 0 Å². The van der Waals surface area contributed by atoms with Gasteiger partial charge in [-0.1, -0.05) is 6.42 Å². The van der Waals surface area contributed by atoms with Crippen molar-refractivity contribution in [2.24, 2.45) is 11.8 Å². The van der Waals surface area contributed by atoms with Crippen molar-refractivity contribution in [2.45, 2.75) is 31.7 Å². The molecule has 0 aromatic heterocycles. The van der Waals surface area contributed by atoms with Crippen molar-refractivity contribution in [1.82, 2.24) is 9.80 Å². The zero-order valence-electron chi connectivity index (χ0n) is 10.1. The molecule has 0 spiro atoms. The molecule has 0 radical (unpaired) electrons. The van der Waals surface area contributed by atoms with E-state index in [1.54, 1.807) is 0 Å².